The molecule has 0 spiro atoms. The molecule has 58 heavy (non-hydrogen) atoms. The third-order valence-electron chi connectivity index (χ3n) is 12.8. The third-order valence-corrected chi connectivity index (χ3v) is 12.8. The fourth-order valence-corrected chi connectivity index (χ4v) is 10.7. The van der Waals surface area contributed by atoms with Gasteiger partial charge in [-0.3, -0.25) is 0 Å². The molecule has 0 unspecified atom stereocenters. The molecule has 0 radical (unpaired) electrons. The molecule has 268 valence electrons. The van der Waals surface area contributed by atoms with Crippen LogP contribution in [0, 0.1) is 0 Å². The summed E-state index contributed by atoms with van der Waals surface area (Å²) >= 11 is 0. The number of hydrogen-bond donors (Lipinski definition) is 0. The lowest BCUT2D eigenvalue weighted by Gasteiger charge is -2.26. The molecule has 0 N–H and O–H groups in total. The van der Waals surface area contributed by atoms with Gasteiger partial charge in [0, 0.05) is 70.9 Å². The summed E-state index contributed by atoms with van der Waals surface area (Å²) in [5.41, 5.74) is 14.6. The highest BCUT2D eigenvalue weighted by Crippen LogP contribution is 2.52. The summed E-state index contributed by atoms with van der Waals surface area (Å²) in [5, 5.41) is 12.8. The quantitative estimate of drug-likeness (QED) is 0.176. The van der Waals surface area contributed by atoms with Crippen LogP contribution < -0.4 is 4.90 Å². The van der Waals surface area contributed by atoms with Crippen LogP contribution in [0.1, 0.15) is 0 Å². The van der Waals surface area contributed by atoms with Crippen LogP contribution in [0.25, 0.3) is 104 Å². The van der Waals surface area contributed by atoms with Crippen molar-refractivity contribution in [3.05, 3.63) is 194 Å². The van der Waals surface area contributed by atoms with Crippen LogP contribution in [0.4, 0.5) is 17.1 Å². The molecule has 0 aliphatic rings. The number of nitrogens with zero attached hydrogens (tertiary/aromatic N) is 4. The Balaban J connectivity index is 1.22. The van der Waals surface area contributed by atoms with Crippen molar-refractivity contribution in [1.29, 1.82) is 0 Å². The van der Waals surface area contributed by atoms with E-state index in [0.717, 1.165) is 17.1 Å². The van der Waals surface area contributed by atoms with Gasteiger partial charge in [0.25, 0.3) is 0 Å². The first-order valence-corrected chi connectivity index (χ1v) is 20.0. The van der Waals surface area contributed by atoms with Gasteiger partial charge in [-0.2, -0.15) is 0 Å². The topological polar surface area (TPSA) is 17.0 Å². The summed E-state index contributed by atoms with van der Waals surface area (Å²) in [4.78, 5) is 2.42. The van der Waals surface area contributed by atoms with E-state index in [4.69, 9.17) is 0 Å². The SMILES string of the molecule is c1ccc(N(c2ccccc2)c2ccc3c4c5c6ccc7c8ccccc8n(-c8ccccc8)c7c6n6c7ccccc7c(cc4n4c7ccccc7c2c34)c56)cc1. The molecule has 9 aromatic carbocycles. The Hall–Kier alpha value is -7.82. The Kier molecular flexibility index (Phi) is 5.73. The minimum absolute atomic E-state index is 1.13. The predicted octanol–water partition coefficient (Wildman–Crippen LogP) is 14.6. The molecule has 5 aromatic heterocycles. The molecule has 0 bridgehead atoms. The van der Waals surface area contributed by atoms with Gasteiger partial charge in [-0.25, -0.2) is 0 Å². The van der Waals surface area contributed by atoms with Crippen LogP contribution in [0.3, 0.4) is 0 Å². The van der Waals surface area contributed by atoms with E-state index in [-0.39, 0.29) is 0 Å². The standard InChI is InChI=1S/C54H32N4/c1-4-16-33(17-5-1)55(34-18-6-2-7-19-34)46-31-30-40-48-47(57-45-27-15-12-24-39(45)49(46)51(40)57)32-42-37-23-11-14-26-44(37)58-52(42)50(48)41-29-28-38-36-22-10-13-25-43(36)56(53(38)54(41)58)35-20-8-3-9-21-35/h1-32H. The van der Waals surface area contributed by atoms with Crippen LogP contribution in [0.15, 0.2) is 194 Å². The zero-order valence-electron chi connectivity index (χ0n) is 31.3. The van der Waals surface area contributed by atoms with Crippen molar-refractivity contribution in [3.63, 3.8) is 0 Å². The van der Waals surface area contributed by atoms with Crippen LogP contribution >= 0.6 is 0 Å². The lowest BCUT2D eigenvalue weighted by Crippen LogP contribution is -2.10. The number of para-hydroxylation sites is 6. The predicted molar refractivity (Wildman–Crippen MR) is 245 cm³/mol. The molecular weight excluding hydrogens is 705 g/mol. The maximum Gasteiger partial charge on any atom is 0.0789 e. The second-order valence-corrected chi connectivity index (χ2v) is 15.7. The summed E-state index contributed by atoms with van der Waals surface area (Å²) < 4.78 is 7.63. The van der Waals surface area contributed by atoms with Gasteiger partial charge in [-0.1, -0.05) is 127 Å². The molecule has 4 nitrogen and oxygen atoms in total. The van der Waals surface area contributed by atoms with Crippen molar-refractivity contribution in [3.8, 4) is 5.69 Å². The second-order valence-electron chi connectivity index (χ2n) is 15.7. The Labute approximate surface area is 331 Å². The van der Waals surface area contributed by atoms with Gasteiger partial charge < -0.3 is 18.3 Å². The van der Waals surface area contributed by atoms with E-state index in [2.05, 4.69) is 212 Å². The van der Waals surface area contributed by atoms with Gasteiger partial charge in [0.1, 0.15) is 0 Å². The van der Waals surface area contributed by atoms with Crippen LogP contribution in [-0.2, 0) is 0 Å². The number of benzene rings is 9. The highest BCUT2D eigenvalue weighted by Gasteiger charge is 2.29. The first-order valence-electron chi connectivity index (χ1n) is 20.0. The molecular formula is C54H32N4. The Bertz CT molecular complexity index is 3910. The number of hydrogen-bond acceptors (Lipinski definition) is 1. The number of fused-ring (bicyclic) bond motifs is 17. The van der Waals surface area contributed by atoms with E-state index < -0.39 is 0 Å². The summed E-state index contributed by atoms with van der Waals surface area (Å²) in [6.07, 6.45) is 0. The molecule has 0 saturated carbocycles. The number of aromatic nitrogens is 3. The lowest BCUT2D eigenvalue weighted by atomic mass is 9.99. The zero-order chi connectivity index (χ0) is 37.6. The molecule has 4 heteroatoms. The first-order chi connectivity index (χ1) is 28.8. The maximum absolute atomic E-state index is 2.58. The van der Waals surface area contributed by atoms with Gasteiger partial charge in [0.2, 0.25) is 0 Å². The van der Waals surface area contributed by atoms with Gasteiger partial charge in [0.05, 0.1) is 49.8 Å². The molecule has 5 heterocycles. The van der Waals surface area contributed by atoms with Gasteiger partial charge in [0.15, 0.2) is 0 Å². The Morgan fingerprint density at radius 1 is 0.293 bits per heavy atom. The average Bonchev–Trinajstić information content (AvgIpc) is 4.08. The summed E-state index contributed by atoms with van der Waals surface area (Å²) in [7, 11) is 0. The minimum Gasteiger partial charge on any atom is -0.310 e. The van der Waals surface area contributed by atoms with Gasteiger partial charge in [-0.05, 0) is 66.7 Å². The van der Waals surface area contributed by atoms with Crippen LogP contribution in [0.2, 0.25) is 0 Å². The molecule has 0 fully saturated rings. The van der Waals surface area contributed by atoms with E-state index in [9.17, 15) is 0 Å². The molecule has 0 aliphatic carbocycles. The highest BCUT2D eigenvalue weighted by atomic mass is 15.1. The molecule has 0 aliphatic heterocycles. The van der Waals surface area contributed by atoms with Gasteiger partial charge >= 0.3 is 0 Å². The molecule has 14 rings (SSSR count). The van der Waals surface area contributed by atoms with Gasteiger partial charge in [-0.15, -0.1) is 0 Å². The van der Waals surface area contributed by atoms with Crippen molar-refractivity contribution in [1.82, 2.24) is 13.4 Å². The largest absolute Gasteiger partial charge is 0.310 e. The summed E-state index contributed by atoms with van der Waals surface area (Å²) in [6.45, 7) is 0. The Morgan fingerprint density at radius 3 is 1.52 bits per heavy atom. The van der Waals surface area contributed by atoms with Crippen molar-refractivity contribution < 1.29 is 0 Å². The summed E-state index contributed by atoms with van der Waals surface area (Å²) in [6, 6.07) is 71.3. The van der Waals surface area contributed by atoms with Crippen molar-refractivity contribution in [2.75, 3.05) is 4.90 Å². The fraction of sp³-hybridized carbons (Fsp3) is 0. The second kappa shape index (κ2) is 10.9. The smallest absolute Gasteiger partial charge is 0.0789 e. The van der Waals surface area contributed by atoms with Crippen molar-refractivity contribution >= 4 is 115 Å². The van der Waals surface area contributed by atoms with Crippen molar-refractivity contribution in [2.45, 2.75) is 0 Å². The monoisotopic (exact) mass is 736 g/mol. The van der Waals surface area contributed by atoms with E-state index in [1.54, 1.807) is 0 Å². The summed E-state index contributed by atoms with van der Waals surface area (Å²) in [5.74, 6) is 0. The number of rotatable bonds is 4. The normalized spacial score (nSPS) is 12.5. The van der Waals surface area contributed by atoms with Crippen LogP contribution in [-0.4, -0.2) is 13.4 Å². The lowest BCUT2D eigenvalue weighted by molar-refractivity contribution is 1.18. The number of anilines is 3. The third kappa shape index (κ3) is 3.66. The highest BCUT2D eigenvalue weighted by molar-refractivity contribution is 6.40. The molecule has 0 saturated heterocycles. The fourth-order valence-electron chi connectivity index (χ4n) is 10.7. The van der Waals surface area contributed by atoms with Crippen molar-refractivity contribution in [2.24, 2.45) is 0 Å². The molecule has 0 atom stereocenters. The molecule has 14 aromatic rings. The van der Waals surface area contributed by atoms with E-state index in [1.807, 2.05) is 0 Å². The first kappa shape index (κ1) is 30.4. The Morgan fingerprint density at radius 2 is 0.810 bits per heavy atom. The van der Waals surface area contributed by atoms with E-state index in [1.165, 1.54) is 104 Å². The maximum atomic E-state index is 2.58. The zero-order valence-corrected chi connectivity index (χ0v) is 31.3. The van der Waals surface area contributed by atoms with E-state index in [0.29, 0.717) is 0 Å². The average molecular weight is 737 g/mol. The van der Waals surface area contributed by atoms with E-state index >= 15 is 0 Å². The molecule has 0 amide bonds. The minimum atomic E-state index is 1.13. The van der Waals surface area contributed by atoms with Crippen LogP contribution in [0.5, 0.6) is 0 Å².